The number of carbonyl (C=O) groups excluding carboxylic acids is 1. The Kier molecular flexibility index (Phi) is 3.76. The SMILES string of the molecule is C=CCON1C(=O)N2C[C@H]1C(c1cnco1)=CC2COC. The molecule has 2 amide bonds. The van der Waals surface area contributed by atoms with E-state index in [1.165, 1.54) is 11.5 Å². The Bertz CT molecular complexity index is 555. The zero-order valence-electron chi connectivity index (χ0n) is 11.8. The van der Waals surface area contributed by atoms with Crippen molar-refractivity contribution in [2.75, 3.05) is 26.9 Å². The van der Waals surface area contributed by atoms with Gasteiger partial charge in [0.1, 0.15) is 6.04 Å². The number of hydroxylamine groups is 2. The number of ether oxygens (including phenoxy) is 1. The predicted octanol–water partition coefficient (Wildman–Crippen LogP) is 1.31. The highest BCUT2D eigenvalue weighted by atomic mass is 16.7. The molecule has 1 saturated heterocycles. The minimum atomic E-state index is -0.210. The van der Waals surface area contributed by atoms with Crippen LogP contribution in [0.15, 0.2) is 35.7 Å². The van der Waals surface area contributed by atoms with Crippen molar-refractivity contribution in [2.45, 2.75) is 12.1 Å². The van der Waals surface area contributed by atoms with Gasteiger partial charge in [0.05, 0.1) is 32.0 Å². The highest BCUT2D eigenvalue weighted by Gasteiger charge is 2.47. The Labute approximate surface area is 122 Å². The van der Waals surface area contributed by atoms with E-state index < -0.39 is 0 Å². The number of urea groups is 1. The van der Waals surface area contributed by atoms with Gasteiger partial charge < -0.3 is 14.1 Å². The lowest BCUT2D eigenvalue weighted by molar-refractivity contribution is -0.106. The molecule has 1 fully saturated rings. The molecule has 0 aliphatic carbocycles. The summed E-state index contributed by atoms with van der Waals surface area (Å²) in [5, 5.41) is 1.38. The van der Waals surface area contributed by atoms with Crippen LogP contribution in [0.2, 0.25) is 0 Å². The average Bonchev–Trinajstić information content (AvgIpc) is 3.10. The summed E-state index contributed by atoms with van der Waals surface area (Å²) in [6, 6.07) is -0.524. The maximum Gasteiger partial charge on any atom is 0.345 e. The van der Waals surface area contributed by atoms with Gasteiger partial charge in [-0.15, -0.1) is 6.58 Å². The van der Waals surface area contributed by atoms with E-state index >= 15 is 0 Å². The molecule has 2 aliphatic rings. The molecule has 112 valence electrons. The van der Waals surface area contributed by atoms with Gasteiger partial charge in [0, 0.05) is 12.7 Å². The molecule has 0 radical (unpaired) electrons. The van der Waals surface area contributed by atoms with Crippen LogP contribution < -0.4 is 0 Å². The first kappa shape index (κ1) is 13.8. The van der Waals surface area contributed by atoms with E-state index in [0.717, 1.165) is 5.57 Å². The minimum absolute atomic E-state index is 0.142. The van der Waals surface area contributed by atoms with Gasteiger partial charge in [-0.3, -0.25) is 4.84 Å². The normalized spacial score (nSPS) is 24.4. The molecule has 1 aromatic heterocycles. The van der Waals surface area contributed by atoms with Gasteiger partial charge in [0.15, 0.2) is 12.2 Å². The lowest BCUT2D eigenvalue weighted by atomic mass is 9.98. The molecule has 0 spiro atoms. The van der Waals surface area contributed by atoms with Crippen molar-refractivity contribution in [2.24, 2.45) is 0 Å². The van der Waals surface area contributed by atoms with Crippen LogP contribution in [0.4, 0.5) is 4.79 Å². The molecule has 0 saturated carbocycles. The Morgan fingerprint density at radius 3 is 3.14 bits per heavy atom. The molecule has 3 rings (SSSR count). The number of methoxy groups -OCH3 is 1. The zero-order chi connectivity index (χ0) is 14.8. The van der Waals surface area contributed by atoms with Crippen LogP contribution >= 0.6 is 0 Å². The first-order valence-corrected chi connectivity index (χ1v) is 6.69. The molecule has 2 atom stereocenters. The fourth-order valence-electron chi connectivity index (χ4n) is 2.70. The molecule has 7 nitrogen and oxygen atoms in total. The molecular weight excluding hydrogens is 274 g/mol. The van der Waals surface area contributed by atoms with Crippen molar-refractivity contribution in [1.29, 1.82) is 0 Å². The first-order valence-electron chi connectivity index (χ1n) is 6.69. The molecule has 0 N–H and O–H groups in total. The number of amides is 2. The first-order chi connectivity index (χ1) is 10.3. The second-order valence-corrected chi connectivity index (χ2v) is 4.87. The number of oxazole rings is 1. The van der Waals surface area contributed by atoms with Crippen LogP contribution in [0, 0.1) is 0 Å². The lowest BCUT2D eigenvalue weighted by Crippen LogP contribution is -2.41. The molecule has 2 aliphatic heterocycles. The van der Waals surface area contributed by atoms with E-state index in [4.69, 9.17) is 14.0 Å². The van der Waals surface area contributed by atoms with E-state index in [9.17, 15) is 4.79 Å². The fourth-order valence-corrected chi connectivity index (χ4v) is 2.70. The summed E-state index contributed by atoms with van der Waals surface area (Å²) in [6.07, 6.45) is 6.60. The molecular formula is C14H17N3O4. The maximum absolute atomic E-state index is 12.5. The van der Waals surface area contributed by atoms with Crippen molar-refractivity contribution >= 4 is 11.6 Å². The van der Waals surface area contributed by atoms with E-state index in [-0.39, 0.29) is 24.7 Å². The quantitative estimate of drug-likeness (QED) is 0.739. The third-order valence-electron chi connectivity index (χ3n) is 3.60. The molecule has 1 aromatic rings. The van der Waals surface area contributed by atoms with Gasteiger partial charge in [-0.1, -0.05) is 12.2 Å². The van der Waals surface area contributed by atoms with Crippen molar-refractivity contribution in [3.05, 3.63) is 37.1 Å². The standard InChI is InChI=1S/C14H17N3O4/c1-3-4-21-17-12-7-16(14(17)18)10(8-19-2)5-11(12)13-6-15-9-20-13/h3,5-6,9-10,12H,1,4,7-8H2,2H3/t10?,12-/m0/s1. The topological polar surface area (TPSA) is 68.0 Å². The van der Waals surface area contributed by atoms with Crippen molar-refractivity contribution in [1.82, 2.24) is 14.9 Å². The summed E-state index contributed by atoms with van der Waals surface area (Å²) in [4.78, 5) is 23.6. The van der Waals surface area contributed by atoms with Crippen LogP contribution in [0.25, 0.3) is 5.57 Å². The van der Waals surface area contributed by atoms with E-state index in [1.807, 2.05) is 6.08 Å². The van der Waals surface area contributed by atoms with Gasteiger partial charge >= 0.3 is 6.03 Å². The highest BCUT2D eigenvalue weighted by Crippen LogP contribution is 2.35. The summed E-state index contributed by atoms with van der Waals surface area (Å²) in [6.45, 7) is 4.84. The Balaban J connectivity index is 1.93. The number of hydrogen-bond donors (Lipinski definition) is 0. The fraction of sp³-hybridized carbons (Fsp3) is 0.429. The Hall–Kier alpha value is -2.12. The molecule has 2 bridgehead atoms. The Morgan fingerprint density at radius 1 is 1.62 bits per heavy atom. The zero-order valence-corrected chi connectivity index (χ0v) is 11.8. The summed E-state index contributed by atoms with van der Waals surface area (Å²) in [5.74, 6) is 0.641. The van der Waals surface area contributed by atoms with Gasteiger partial charge in [-0.05, 0) is 0 Å². The van der Waals surface area contributed by atoms with Crippen LogP contribution in [0.3, 0.4) is 0 Å². The molecule has 1 unspecified atom stereocenters. The van der Waals surface area contributed by atoms with Gasteiger partial charge in [-0.2, -0.15) is 5.06 Å². The number of nitrogens with zero attached hydrogens (tertiary/aromatic N) is 3. The van der Waals surface area contributed by atoms with Crippen LogP contribution in [0.5, 0.6) is 0 Å². The van der Waals surface area contributed by atoms with Gasteiger partial charge in [-0.25, -0.2) is 9.78 Å². The summed E-state index contributed by atoms with van der Waals surface area (Å²) in [5.41, 5.74) is 0.890. The number of hydrogen-bond acceptors (Lipinski definition) is 5. The number of carbonyl (C=O) groups is 1. The molecule has 7 heteroatoms. The van der Waals surface area contributed by atoms with E-state index in [0.29, 0.717) is 18.9 Å². The van der Waals surface area contributed by atoms with Gasteiger partial charge in [0.25, 0.3) is 0 Å². The molecule has 21 heavy (non-hydrogen) atoms. The van der Waals surface area contributed by atoms with Crippen LogP contribution in [-0.4, -0.2) is 59.9 Å². The predicted molar refractivity (Wildman–Crippen MR) is 74.0 cm³/mol. The second-order valence-electron chi connectivity index (χ2n) is 4.87. The van der Waals surface area contributed by atoms with Crippen molar-refractivity contribution in [3.63, 3.8) is 0 Å². The van der Waals surface area contributed by atoms with E-state index in [2.05, 4.69) is 11.6 Å². The average molecular weight is 291 g/mol. The molecule has 0 aromatic carbocycles. The minimum Gasteiger partial charge on any atom is -0.444 e. The number of fused-ring (bicyclic) bond motifs is 2. The highest BCUT2D eigenvalue weighted by molar-refractivity contribution is 5.84. The number of aromatic nitrogens is 1. The smallest absolute Gasteiger partial charge is 0.345 e. The Morgan fingerprint density at radius 2 is 2.48 bits per heavy atom. The lowest BCUT2D eigenvalue weighted by Gasteiger charge is -2.28. The largest absolute Gasteiger partial charge is 0.444 e. The van der Waals surface area contributed by atoms with E-state index in [1.54, 1.807) is 24.3 Å². The maximum atomic E-state index is 12.5. The monoisotopic (exact) mass is 291 g/mol. The van der Waals surface area contributed by atoms with Crippen LogP contribution in [0.1, 0.15) is 5.76 Å². The number of rotatable bonds is 6. The van der Waals surface area contributed by atoms with Crippen LogP contribution in [-0.2, 0) is 9.57 Å². The second kappa shape index (κ2) is 5.71. The summed E-state index contributed by atoms with van der Waals surface area (Å²) >= 11 is 0. The summed E-state index contributed by atoms with van der Waals surface area (Å²) < 4.78 is 10.6. The third-order valence-corrected chi connectivity index (χ3v) is 3.60. The van der Waals surface area contributed by atoms with Crippen molar-refractivity contribution in [3.8, 4) is 0 Å². The van der Waals surface area contributed by atoms with Gasteiger partial charge in [0.2, 0.25) is 0 Å². The van der Waals surface area contributed by atoms with Crippen molar-refractivity contribution < 1.29 is 18.8 Å². The molecule has 3 heterocycles. The summed E-state index contributed by atoms with van der Waals surface area (Å²) in [7, 11) is 1.61. The third kappa shape index (κ3) is 2.34.